The van der Waals surface area contributed by atoms with Crippen molar-refractivity contribution in [2.24, 2.45) is 7.05 Å². The minimum absolute atomic E-state index is 0.663. The predicted octanol–water partition coefficient (Wildman–Crippen LogP) is 2.27. The third-order valence-corrected chi connectivity index (χ3v) is 3.49. The lowest BCUT2D eigenvalue weighted by atomic mass is 10.2. The number of aromatic nitrogens is 3. The number of aryl methyl sites for hydroxylation is 1. The highest BCUT2D eigenvalue weighted by Crippen LogP contribution is 2.18. The van der Waals surface area contributed by atoms with Crippen LogP contribution in [0.25, 0.3) is 10.9 Å². The zero-order valence-corrected chi connectivity index (χ0v) is 12.2. The average Bonchev–Trinajstić information content (AvgIpc) is 2.85. The summed E-state index contributed by atoms with van der Waals surface area (Å²) in [5, 5.41) is 9.16. The van der Waals surface area contributed by atoms with E-state index >= 15 is 0 Å². The molecule has 5 nitrogen and oxygen atoms in total. The SMILES string of the molecule is COc1ncccc1CNCc1nn(C)c2ccccc12. The molecule has 108 valence electrons. The third kappa shape index (κ3) is 2.73. The third-order valence-electron chi connectivity index (χ3n) is 3.49. The molecule has 0 radical (unpaired) electrons. The number of nitrogens with zero attached hydrogens (tertiary/aromatic N) is 3. The molecule has 0 fully saturated rings. The molecule has 0 bridgehead atoms. The molecule has 0 spiro atoms. The summed E-state index contributed by atoms with van der Waals surface area (Å²) in [5.74, 6) is 0.663. The Hall–Kier alpha value is -2.40. The Bertz CT molecular complexity index is 751. The minimum atomic E-state index is 0.663. The van der Waals surface area contributed by atoms with Crippen LogP contribution in [0.15, 0.2) is 42.6 Å². The van der Waals surface area contributed by atoms with Crippen molar-refractivity contribution in [1.82, 2.24) is 20.1 Å². The summed E-state index contributed by atoms with van der Waals surface area (Å²) in [7, 11) is 3.61. The number of rotatable bonds is 5. The summed E-state index contributed by atoms with van der Waals surface area (Å²) in [6.07, 6.45) is 1.73. The molecule has 1 N–H and O–H groups in total. The monoisotopic (exact) mass is 282 g/mol. The number of ether oxygens (including phenoxy) is 1. The molecule has 2 heterocycles. The number of nitrogens with one attached hydrogen (secondary N) is 1. The van der Waals surface area contributed by atoms with Crippen molar-refractivity contribution in [3.05, 3.63) is 53.9 Å². The molecule has 21 heavy (non-hydrogen) atoms. The molecule has 1 aromatic carbocycles. The van der Waals surface area contributed by atoms with E-state index < -0.39 is 0 Å². The quantitative estimate of drug-likeness (QED) is 0.780. The molecule has 0 atom stereocenters. The van der Waals surface area contributed by atoms with Gasteiger partial charge in [-0.15, -0.1) is 0 Å². The topological polar surface area (TPSA) is 52.0 Å². The molecule has 0 unspecified atom stereocenters. The average molecular weight is 282 g/mol. The summed E-state index contributed by atoms with van der Waals surface area (Å²) < 4.78 is 7.17. The van der Waals surface area contributed by atoms with E-state index in [4.69, 9.17) is 4.74 Å². The molecule has 0 amide bonds. The second kappa shape index (κ2) is 5.93. The van der Waals surface area contributed by atoms with Crippen LogP contribution in [0.1, 0.15) is 11.3 Å². The van der Waals surface area contributed by atoms with Crippen LogP contribution in [0, 0.1) is 0 Å². The fourth-order valence-electron chi connectivity index (χ4n) is 2.48. The Morgan fingerprint density at radius 3 is 2.86 bits per heavy atom. The molecule has 0 aliphatic carbocycles. The van der Waals surface area contributed by atoms with Crippen LogP contribution in [0.2, 0.25) is 0 Å². The largest absolute Gasteiger partial charge is 0.481 e. The van der Waals surface area contributed by atoms with Crippen molar-refractivity contribution in [3.8, 4) is 5.88 Å². The normalized spacial score (nSPS) is 11.0. The molecule has 0 aliphatic rings. The van der Waals surface area contributed by atoms with Crippen LogP contribution < -0.4 is 10.1 Å². The van der Waals surface area contributed by atoms with Gasteiger partial charge in [0.15, 0.2) is 0 Å². The van der Waals surface area contributed by atoms with Gasteiger partial charge in [0.1, 0.15) is 0 Å². The summed E-state index contributed by atoms with van der Waals surface area (Å²) in [6.45, 7) is 1.40. The van der Waals surface area contributed by atoms with Gasteiger partial charge in [0, 0.05) is 37.3 Å². The Labute approximate surface area is 123 Å². The van der Waals surface area contributed by atoms with E-state index in [9.17, 15) is 0 Å². The lowest BCUT2D eigenvalue weighted by Crippen LogP contribution is -2.14. The van der Waals surface area contributed by atoms with Crippen molar-refractivity contribution in [2.45, 2.75) is 13.1 Å². The fraction of sp³-hybridized carbons (Fsp3) is 0.250. The van der Waals surface area contributed by atoms with Crippen LogP contribution in [0.4, 0.5) is 0 Å². The number of hydrogen-bond donors (Lipinski definition) is 1. The van der Waals surface area contributed by atoms with Crippen molar-refractivity contribution in [1.29, 1.82) is 0 Å². The highest BCUT2D eigenvalue weighted by atomic mass is 16.5. The maximum Gasteiger partial charge on any atom is 0.217 e. The van der Waals surface area contributed by atoms with E-state index in [1.54, 1.807) is 13.3 Å². The van der Waals surface area contributed by atoms with E-state index in [1.807, 2.05) is 36.0 Å². The molecule has 3 rings (SSSR count). The van der Waals surface area contributed by atoms with Gasteiger partial charge in [0.05, 0.1) is 18.3 Å². The first kappa shape index (κ1) is 13.6. The zero-order chi connectivity index (χ0) is 14.7. The maximum absolute atomic E-state index is 5.25. The Morgan fingerprint density at radius 2 is 2.00 bits per heavy atom. The van der Waals surface area contributed by atoms with Gasteiger partial charge in [-0.2, -0.15) is 5.10 Å². The van der Waals surface area contributed by atoms with Gasteiger partial charge < -0.3 is 10.1 Å². The number of fused-ring (bicyclic) bond motifs is 1. The number of benzene rings is 1. The van der Waals surface area contributed by atoms with E-state index in [-0.39, 0.29) is 0 Å². The van der Waals surface area contributed by atoms with E-state index in [0.29, 0.717) is 19.0 Å². The summed E-state index contributed by atoms with van der Waals surface area (Å²) >= 11 is 0. The van der Waals surface area contributed by atoms with Crippen LogP contribution >= 0.6 is 0 Å². The number of hydrogen-bond acceptors (Lipinski definition) is 4. The first-order valence-corrected chi connectivity index (χ1v) is 6.89. The molecule has 3 aromatic rings. The number of para-hydroxylation sites is 1. The van der Waals surface area contributed by atoms with Gasteiger partial charge in [-0.05, 0) is 12.1 Å². The van der Waals surface area contributed by atoms with Gasteiger partial charge in [-0.25, -0.2) is 4.98 Å². The van der Waals surface area contributed by atoms with Crippen LogP contribution in [-0.2, 0) is 20.1 Å². The smallest absolute Gasteiger partial charge is 0.217 e. The van der Waals surface area contributed by atoms with Crippen LogP contribution in [-0.4, -0.2) is 21.9 Å². The van der Waals surface area contributed by atoms with Crippen molar-refractivity contribution in [3.63, 3.8) is 0 Å². The Balaban J connectivity index is 1.72. The highest BCUT2D eigenvalue weighted by molar-refractivity contribution is 5.81. The molecule has 0 saturated heterocycles. The second-order valence-corrected chi connectivity index (χ2v) is 4.86. The van der Waals surface area contributed by atoms with Gasteiger partial charge >= 0.3 is 0 Å². The van der Waals surface area contributed by atoms with Gasteiger partial charge in [0.2, 0.25) is 5.88 Å². The standard InChI is InChI=1S/C16H18N4O/c1-20-15-8-4-3-7-13(15)14(19-20)11-17-10-12-6-5-9-18-16(12)21-2/h3-9,17H,10-11H2,1-2H3. The lowest BCUT2D eigenvalue weighted by Gasteiger charge is -2.07. The Kier molecular flexibility index (Phi) is 3.83. The molecule has 2 aromatic heterocycles. The highest BCUT2D eigenvalue weighted by Gasteiger charge is 2.08. The minimum Gasteiger partial charge on any atom is -0.481 e. The van der Waals surface area contributed by atoms with Gasteiger partial charge in [0.25, 0.3) is 0 Å². The summed E-state index contributed by atoms with van der Waals surface area (Å²) in [4.78, 5) is 4.19. The van der Waals surface area contributed by atoms with E-state index in [0.717, 1.165) is 16.8 Å². The first-order valence-electron chi connectivity index (χ1n) is 6.89. The van der Waals surface area contributed by atoms with E-state index in [1.165, 1.54) is 5.39 Å². The molecular formula is C16H18N4O. The molecule has 0 saturated carbocycles. The van der Waals surface area contributed by atoms with E-state index in [2.05, 4.69) is 27.5 Å². The molecular weight excluding hydrogens is 264 g/mol. The van der Waals surface area contributed by atoms with Gasteiger partial charge in [-0.1, -0.05) is 24.3 Å². The van der Waals surface area contributed by atoms with Gasteiger partial charge in [-0.3, -0.25) is 4.68 Å². The zero-order valence-electron chi connectivity index (χ0n) is 12.2. The second-order valence-electron chi connectivity index (χ2n) is 4.86. The maximum atomic E-state index is 5.25. The number of pyridine rings is 1. The van der Waals surface area contributed by atoms with Crippen molar-refractivity contribution < 1.29 is 4.74 Å². The number of methoxy groups -OCH3 is 1. The van der Waals surface area contributed by atoms with Crippen molar-refractivity contribution in [2.75, 3.05) is 7.11 Å². The molecule has 5 heteroatoms. The fourth-order valence-corrected chi connectivity index (χ4v) is 2.48. The Morgan fingerprint density at radius 1 is 1.14 bits per heavy atom. The molecule has 0 aliphatic heterocycles. The lowest BCUT2D eigenvalue weighted by molar-refractivity contribution is 0.390. The van der Waals surface area contributed by atoms with Crippen LogP contribution in [0.5, 0.6) is 5.88 Å². The predicted molar refractivity (Wildman–Crippen MR) is 82.0 cm³/mol. The summed E-state index contributed by atoms with van der Waals surface area (Å²) in [5.41, 5.74) is 3.24. The van der Waals surface area contributed by atoms with Crippen molar-refractivity contribution >= 4 is 10.9 Å². The first-order chi connectivity index (χ1) is 10.3. The summed E-state index contributed by atoms with van der Waals surface area (Å²) in [6, 6.07) is 12.2. The van der Waals surface area contributed by atoms with Crippen LogP contribution in [0.3, 0.4) is 0 Å².